The maximum absolute atomic E-state index is 12.4. The number of fused-ring (bicyclic) bond motifs is 1. The molecule has 1 aliphatic carbocycles. The number of rotatable bonds is 4. The second-order valence-electron chi connectivity index (χ2n) is 7.37. The van der Waals surface area contributed by atoms with Gasteiger partial charge in [0.05, 0.1) is 18.7 Å². The largest absolute Gasteiger partial charge is 0.497 e. The number of benzene rings is 1. The molecular formula is C21H22N6O4. The number of hydrogen-bond donors (Lipinski definition) is 2. The standard InChI is InChI=1S/C21H22N6O4/c1-12-10-17(27(26-12)21-23-16-5-3-4-15(16)18(28)25-21)24-20(30)19(29)22-11-13-6-8-14(31-2)9-7-13/h6-10,15H,3-5,11H2,1-2H3,(H,22,29)(H,24,30). The zero-order valence-corrected chi connectivity index (χ0v) is 17.2. The van der Waals surface area contributed by atoms with E-state index in [0.29, 0.717) is 11.4 Å². The summed E-state index contributed by atoms with van der Waals surface area (Å²) in [7, 11) is 1.57. The molecule has 31 heavy (non-hydrogen) atoms. The van der Waals surface area contributed by atoms with E-state index in [2.05, 4.69) is 25.7 Å². The number of aryl methyl sites for hydroxylation is 1. The van der Waals surface area contributed by atoms with Crippen LogP contribution < -0.4 is 15.4 Å². The highest BCUT2D eigenvalue weighted by Crippen LogP contribution is 2.27. The molecule has 0 spiro atoms. The Morgan fingerprint density at radius 3 is 2.71 bits per heavy atom. The van der Waals surface area contributed by atoms with Crippen LogP contribution in [0.15, 0.2) is 40.3 Å². The molecule has 4 rings (SSSR count). The fraction of sp³-hybridized carbons (Fsp3) is 0.333. The maximum Gasteiger partial charge on any atom is 0.314 e. The zero-order chi connectivity index (χ0) is 22.0. The fourth-order valence-electron chi connectivity index (χ4n) is 3.57. The third kappa shape index (κ3) is 4.37. The Balaban J connectivity index is 1.44. The summed E-state index contributed by atoms with van der Waals surface area (Å²) in [6.07, 6.45) is 2.39. The molecule has 0 bridgehead atoms. The summed E-state index contributed by atoms with van der Waals surface area (Å²) >= 11 is 0. The molecule has 2 aliphatic rings. The SMILES string of the molecule is COc1ccc(CNC(=O)C(=O)Nc2cc(C)nn2C2=NC(=O)C3CCCC3=N2)cc1. The van der Waals surface area contributed by atoms with Crippen molar-refractivity contribution in [3.8, 4) is 5.75 Å². The lowest BCUT2D eigenvalue weighted by Crippen LogP contribution is -2.36. The Morgan fingerprint density at radius 2 is 1.97 bits per heavy atom. The van der Waals surface area contributed by atoms with Crippen molar-refractivity contribution in [2.45, 2.75) is 32.7 Å². The van der Waals surface area contributed by atoms with Gasteiger partial charge >= 0.3 is 11.8 Å². The summed E-state index contributed by atoms with van der Waals surface area (Å²) < 4.78 is 6.37. The Bertz CT molecular complexity index is 1100. The van der Waals surface area contributed by atoms with Gasteiger partial charge in [0.1, 0.15) is 11.6 Å². The van der Waals surface area contributed by atoms with Crippen molar-refractivity contribution in [3.05, 3.63) is 41.6 Å². The van der Waals surface area contributed by atoms with Gasteiger partial charge in [0.25, 0.3) is 11.9 Å². The van der Waals surface area contributed by atoms with Crippen molar-refractivity contribution in [2.75, 3.05) is 12.4 Å². The minimum Gasteiger partial charge on any atom is -0.497 e. The highest BCUT2D eigenvalue weighted by molar-refractivity contribution is 6.39. The number of carbonyl (C=O) groups excluding carboxylic acids is 3. The molecular weight excluding hydrogens is 400 g/mol. The average molecular weight is 422 g/mol. The molecule has 1 aromatic heterocycles. The second kappa shape index (κ2) is 8.50. The van der Waals surface area contributed by atoms with Crippen LogP contribution >= 0.6 is 0 Å². The molecule has 1 aromatic carbocycles. The Hall–Kier alpha value is -3.82. The van der Waals surface area contributed by atoms with E-state index in [1.807, 2.05) is 0 Å². The monoisotopic (exact) mass is 422 g/mol. The number of anilines is 1. The lowest BCUT2D eigenvalue weighted by atomic mass is 10.1. The van der Waals surface area contributed by atoms with Gasteiger partial charge in [-0.3, -0.25) is 14.4 Å². The van der Waals surface area contributed by atoms with Crippen molar-refractivity contribution in [1.82, 2.24) is 15.1 Å². The summed E-state index contributed by atoms with van der Waals surface area (Å²) in [6, 6.07) is 8.71. The summed E-state index contributed by atoms with van der Waals surface area (Å²) in [5, 5.41) is 9.37. The molecule has 10 nitrogen and oxygen atoms in total. The van der Waals surface area contributed by atoms with Crippen molar-refractivity contribution < 1.29 is 19.1 Å². The highest BCUT2D eigenvalue weighted by atomic mass is 16.5. The topological polar surface area (TPSA) is 127 Å². The molecule has 2 aromatic rings. The maximum atomic E-state index is 12.4. The van der Waals surface area contributed by atoms with Gasteiger partial charge in [-0.2, -0.15) is 14.8 Å². The van der Waals surface area contributed by atoms with Crippen LogP contribution in [-0.2, 0) is 20.9 Å². The summed E-state index contributed by atoms with van der Waals surface area (Å²) in [5.41, 5.74) is 2.19. The number of nitrogens with one attached hydrogen (secondary N) is 2. The first-order chi connectivity index (χ1) is 14.9. The van der Waals surface area contributed by atoms with Crippen LogP contribution in [-0.4, -0.2) is 46.3 Å². The Morgan fingerprint density at radius 1 is 1.19 bits per heavy atom. The van der Waals surface area contributed by atoms with Crippen LogP contribution in [0, 0.1) is 12.8 Å². The number of hydrogen-bond acceptors (Lipinski definition) is 6. The number of carbonyl (C=O) groups is 3. The van der Waals surface area contributed by atoms with Gasteiger partial charge < -0.3 is 15.4 Å². The van der Waals surface area contributed by atoms with Crippen LogP contribution in [0.3, 0.4) is 0 Å². The van der Waals surface area contributed by atoms with E-state index >= 15 is 0 Å². The third-order valence-corrected chi connectivity index (χ3v) is 5.16. The van der Waals surface area contributed by atoms with Crippen molar-refractivity contribution in [1.29, 1.82) is 0 Å². The van der Waals surface area contributed by atoms with E-state index in [-0.39, 0.29) is 30.1 Å². The zero-order valence-electron chi connectivity index (χ0n) is 17.2. The fourth-order valence-corrected chi connectivity index (χ4v) is 3.57. The minimum atomic E-state index is -0.858. The first-order valence-corrected chi connectivity index (χ1v) is 9.93. The van der Waals surface area contributed by atoms with E-state index < -0.39 is 11.8 Å². The predicted octanol–water partition coefficient (Wildman–Crippen LogP) is 1.44. The molecule has 160 valence electrons. The van der Waals surface area contributed by atoms with Crippen LogP contribution in [0.4, 0.5) is 5.82 Å². The smallest absolute Gasteiger partial charge is 0.314 e. The molecule has 0 saturated heterocycles. The lowest BCUT2D eigenvalue weighted by Gasteiger charge is -2.15. The van der Waals surface area contributed by atoms with Gasteiger partial charge in [0.15, 0.2) is 0 Å². The third-order valence-electron chi connectivity index (χ3n) is 5.16. The molecule has 1 atom stereocenters. The quantitative estimate of drug-likeness (QED) is 0.721. The van der Waals surface area contributed by atoms with Crippen LogP contribution in [0.5, 0.6) is 5.75 Å². The van der Waals surface area contributed by atoms with Gasteiger partial charge in [0, 0.05) is 18.3 Å². The number of aromatic nitrogens is 2. The number of methoxy groups -OCH3 is 1. The number of amides is 3. The van der Waals surface area contributed by atoms with Gasteiger partial charge in [-0.05, 0) is 43.9 Å². The normalized spacial score (nSPS) is 17.5. The summed E-state index contributed by atoms with van der Waals surface area (Å²) in [4.78, 5) is 45.5. The van der Waals surface area contributed by atoms with E-state index in [9.17, 15) is 14.4 Å². The average Bonchev–Trinajstić information content (AvgIpc) is 3.38. The number of aliphatic imine (C=N–C) groups is 2. The number of nitrogens with zero attached hydrogens (tertiary/aromatic N) is 4. The van der Waals surface area contributed by atoms with Gasteiger partial charge in [-0.1, -0.05) is 12.1 Å². The van der Waals surface area contributed by atoms with Crippen molar-refractivity contribution in [3.63, 3.8) is 0 Å². The van der Waals surface area contributed by atoms with E-state index in [4.69, 9.17) is 4.74 Å². The highest BCUT2D eigenvalue weighted by Gasteiger charge is 2.33. The van der Waals surface area contributed by atoms with Crippen molar-refractivity contribution in [2.24, 2.45) is 15.9 Å². The van der Waals surface area contributed by atoms with Gasteiger partial charge in [-0.25, -0.2) is 4.99 Å². The van der Waals surface area contributed by atoms with E-state index in [1.165, 1.54) is 4.68 Å². The molecule has 10 heteroatoms. The molecule has 1 saturated carbocycles. The van der Waals surface area contributed by atoms with Crippen LogP contribution in [0.25, 0.3) is 0 Å². The van der Waals surface area contributed by atoms with Crippen LogP contribution in [0.1, 0.15) is 30.5 Å². The molecule has 1 unspecified atom stereocenters. The first-order valence-electron chi connectivity index (χ1n) is 9.93. The number of ether oxygens (including phenoxy) is 1. The second-order valence-corrected chi connectivity index (χ2v) is 7.37. The molecule has 2 heterocycles. The Kier molecular flexibility index (Phi) is 5.61. The first kappa shape index (κ1) is 20.5. The van der Waals surface area contributed by atoms with E-state index in [1.54, 1.807) is 44.4 Å². The minimum absolute atomic E-state index is 0.0974. The Labute approximate surface area is 178 Å². The van der Waals surface area contributed by atoms with Crippen molar-refractivity contribution >= 4 is 35.2 Å². The van der Waals surface area contributed by atoms with E-state index in [0.717, 1.165) is 30.5 Å². The van der Waals surface area contributed by atoms with Gasteiger partial charge in [-0.15, -0.1) is 0 Å². The molecule has 3 amide bonds. The molecule has 1 fully saturated rings. The molecule has 0 radical (unpaired) electrons. The molecule has 1 aliphatic heterocycles. The van der Waals surface area contributed by atoms with Gasteiger partial charge in [0.2, 0.25) is 0 Å². The summed E-state index contributed by atoms with van der Waals surface area (Å²) in [6.45, 7) is 1.91. The summed E-state index contributed by atoms with van der Waals surface area (Å²) in [5.74, 6) is -1.14. The van der Waals surface area contributed by atoms with Crippen LogP contribution in [0.2, 0.25) is 0 Å². The lowest BCUT2D eigenvalue weighted by molar-refractivity contribution is -0.136. The predicted molar refractivity (Wildman–Crippen MR) is 113 cm³/mol. The molecule has 2 N–H and O–H groups in total.